The zero-order valence-electron chi connectivity index (χ0n) is 17.0. The molecule has 0 unspecified atom stereocenters. The average Bonchev–Trinajstić information content (AvgIpc) is 3.17. The van der Waals surface area contributed by atoms with Gasteiger partial charge in [0.2, 0.25) is 5.91 Å². The van der Waals surface area contributed by atoms with Crippen molar-refractivity contribution < 1.29 is 19.0 Å². The number of hydrogen-bond acceptors (Lipinski definition) is 5. The Labute approximate surface area is 179 Å². The van der Waals surface area contributed by atoms with Crippen LogP contribution in [0.25, 0.3) is 22.4 Å². The maximum absolute atomic E-state index is 12.9. The highest BCUT2D eigenvalue weighted by molar-refractivity contribution is 5.93. The Morgan fingerprint density at radius 3 is 2.74 bits per heavy atom. The highest BCUT2D eigenvalue weighted by Crippen LogP contribution is 2.33. The minimum absolute atomic E-state index is 0.113. The second-order valence-electron chi connectivity index (χ2n) is 7.15. The molecule has 0 atom stereocenters. The summed E-state index contributed by atoms with van der Waals surface area (Å²) in [5.74, 6) is 2.60. The van der Waals surface area contributed by atoms with Crippen LogP contribution in [0.5, 0.6) is 17.2 Å². The van der Waals surface area contributed by atoms with E-state index in [-0.39, 0.29) is 12.5 Å². The van der Waals surface area contributed by atoms with Gasteiger partial charge in [-0.05, 0) is 36.4 Å². The SMILES string of the molecule is COc1cccc(-c2nc3ccccc3n2CC(=O)Nc2ccc3c(c2)OCCO3)c1. The van der Waals surface area contributed by atoms with Gasteiger partial charge in [-0.1, -0.05) is 24.3 Å². The first-order chi connectivity index (χ1) is 15.2. The van der Waals surface area contributed by atoms with E-state index in [9.17, 15) is 4.79 Å². The highest BCUT2D eigenvalue weighted by Gasteiger charge is 2.17. The fraction of sp³-hybridized carbons (Fsp3) is 0.167. The molecule has 1 amide bonds. The van der Waals surface area contributed by atoms with Crippen molar-refractivity contribution in [1.29, 1.82) is 0 Å². The van der Waals surface area contributed by atoms with Gasteiger partial charge in [-0.25, -0.2) is 4.98 Å². The number of imidazole rings is 1. The van der Waals surface area contributed by atoms with E-state index in [1.54, 1.807) is 25.3 Å². The third-order valence-electron chi connectivity index (χ3n) is 5.11. The summed E-state index contributed by atoms with van der Waals surface area (Å²) in [5, 5.41) is 2.95. The number of methoxy groups -OCH3 is 1. The van der Waals surface area contributed by atoms with Crippen molar-refractivity contribution in [3.05, 3.63) is 66.7 Å². The summed E-state index contributed by atoms with van der Waals surface area (Å²) in [6.45, 7) is 1.14. The second-order valence-corrected chi connectivity index (χ2v) is 7.15. The Kier molecular flexibility index (Phi) is 4.92. The summed E-state index contributed by atoms with van der Waals surface area (Å²) in [7, 11) is 1.63. The molecule has 4 aromatic rings. The van der Waals surface area contributed by atoms with E-state index < -0.39 is 0 Å². The topological polar surface area (TPSA) is 74.6 Å². The molecule has 1 N–H and O–H groups in total. The molecular formula is C24H21N3O4. The van der Waals surface area contributed by atoms with E-state index in [0.717, 1.165) is 22.3 Å². The number of carbonyl (C=O) groups is 1. The Hall–Kier alpha value is -4.00. The molecule has 0 aliphatic carbocycles. The average molecular weight is 415 g/mol. The van der Waals surface area contributed by atoms with Gasteiger partial charge < -0.3 is 24.1 Å². The third kappa shape index (κ3) is 3.77. The normalized spacial score (nSPS) is 12.5. The fourth-order valence-corrected chi connectivity index (χ4v) is 3.68. The Morgan fingerprint density at radius 1 is 1.03 bits per heavy atom. The van der Waals surface area contributed by atoms with Gasteiger partial charge in [-0.3, -0.25) is 4.79 Å². The van der Waals surface area contributed by atoms with E-state index >= 15 is 0 Å². The summed E-state index contributed by atoms with van der Waals surface area (Å²) >= 11 is 0. The van der Waals surface area contributed by atoms with Crippen molar-refractivity contribution in [3.8, 4) is 28.6 Å². The first kappa shape index (κ1) is 19.0. The number of fused-ring (bicyclic) bond motifs is 2. The predicted molar refractivity (Wildman–Crippen MR) is 118 cm³/mol. The molecule has 2 heterocycles. The molecule has 156 valence electrons. The minimum Gasteiger partial charge on any atom is -0.497 e. The summed E-state index contributed by atoms with van der Waals surface area (Å²) in [5.41, 5.74) is 3.24. The predicted octanol–water partition coefficient (Wildman–Crippen LogP) is 4.12. The van der Waals surface area contributed by atoms with Gasteiger partial charge in [-0.2, -0.15) is 0 Å². The number of carbonyl (C=O) groups excluding carboxylic acids is 1. The lowest BCUT2D eigenvalue weighted by atomic mass is 10.2. The number of nitrogens with one attached hydrogen (secondary N) is 1. The lowest BCUT2D eigenvalue weighted by Crippen LogP contribution is -2.20. The van der Waals surface area contributed by atoms with E-state index in [2.05, 4.69) is 5.32 Å². The molecule has 5 rings (SSSR count). The molecule has 1 aliphatic heterocycles. The van der Waals surface area contributed by atoms with Crippen molar-refractivity contribution in [1.82, 2.24) is 9.55 Å². The van der Waals surface area contributed by atoms with E-state index in [1.165, 1.54) is 0 Å². The van der Waals surface area contributed by atoms with Gasteiger partial charge in [0.1, 0.15) is 31.3 Å². The number of nitrogens with zero attached hydrogens (tertiary/aromatic N) is 2. The van der Waals surface area contributed by atoms with Crippen LogP contribution in [-0.2, 0) is 11.3 Å². The van der Waals surface area contributed by atoms with Crippen LogP contribution in [0.3, 0.4) is 0 Å². The number of para-hydroxylation sites is 2. The van der Waals surface area contributed by atoms with Crippen LogP contribution in [0.4, 0.5) is 5.69 Å². The monoisotopic (exact) mass is 415 g/mol. The van der Waals surface area contributed by atoms with Crippen molar-refractivity contribution in [3.63, 3.8) is 0 Å². The molecule has 1 aromatic heterocycles. The van der Waals surface area contributed by atoms with Gasteiger partial charge in [0, 0.05) is 17.3 Å². The van der Waals surface area contributed by atoms with Crippen molar-refractivity contribution in [2.45, 2.75) is 6.54 Å². The number of amides is 1. The second kappa shape index (κ2) is 8.02. The molecule has 7 nitrogen and oxygen atoms in total. The lowest BCUT2D eigenvalue weighted by Gasteiger charge is -2.19. The molecular weight excluding hydrogens is 394 g/mol. The van der Waals surface area contributed by atoms with Crippen LogP contribution in [0.1, 0.15) is 0 Å². The standard InChI is InChI=1S/C24H21N3O4/c1-29-18-6-4-5-16(13-18)24-26-19-7-2-3-8-20(19)27(24)15-23(28)25-17-9-10-21-22(14-17)31-12-11-30-21/h2-10,13-14H,11-12,15H2,1H3,(H,25,28). The fourth-order valence-electron chi connectivity index (χ4n) is 3.68. The quantitative estimate of drug-likeness (QED) is 0.531. The van der Waals surface area contributed by atoms with Gasteiger partial charge in [0.15, 0.2) is 11.5 Å². The summed E-state index contributed by atoms with van der Waals surface area (Å²) < 4.78 is 18.4. The van der Waals surface area contributed by atoms with Gasteiger partial charge in [0.25, 0.3) is 0 Å². The zero-order chi connectivity index (χ0) is 21.2. The Bertz CT molecular complexity index is 1260. The summed E-state index contributed by atoms with van der Waals surface area (Å²) in [6, 6.07) is 20.8. The minimum atomic E-state index is -0.163. The molecule has 0 saturated heterocycles. The van der Waals surface area contributed by atoms with Gasteiger partial charge in [-0.15, -0.1) is 0 Å². The first-order valence-electron chi connectivity index (χ1n) is 10.0. The summed E-state index contributed by atoms with van der Waals surface area (Å²) in [4.78, 5) is 17.7. The molecule has 31 heavy (non-hydrogen) atoms. The molecule has 0 bridgehead atoms. The van der Waals surface area contributed by atoms with Crippen molar-refractivity contribution in [2.75, 3.05) is 25.6 Å². The molecule has 0 saturated carbocycles. The zero-order valence-corrected chi connectivity index (χ0v) is 17.0. The van der Waals surface area contributed by atoms with Crippen LogP contribution in [0, 0.1) is 0 Å². The first-order valence-corrected chi connectivity index (χ1v) is 10.0. The summed E-state index contributed by atoms with van der Waals surface area (Å²) in [6.07, 6.45) is 0. The van der Waals surface area contributed by atoms with Crippen molar-refractivity contribution in [2.24, 2.45) is 0 Å². The number of hydrogen-bond donors (Lipinski definition) is 1. The smallest absolute Gasteiger partial charge is 0.244 e. The molecule has 3 aromatic carbocycles. The maximum atomic E-state index is 12.9. The number of anilines is 1. The molecule has 7 heteroatoms. The van der Waals surface area contributed by atoms with Crippen LogP contribution in [0.2, 0.25) is 0 Å². The Morgan fingerprint density at radius 2 is 1.87 bits per heavy atom. The van der Waals surface area contributed by atoms with E-state index in [1.807, 2.05) is 53.1 Å². The van der Waals surface area contributed by atoms with E-state index in [0.29, 0.717) is 36.2 Å². The van der Waals surface area contributed by atoms with Crippen LogP contribution in [0.15, 0.2) is 66.7 Å². The van der Waals surface area contributed by atoms with E-state index in [4.69, 9.17) is 19.2 Å². The van der Waals surface area contributed by atoms with Crippen LogP contribution in [-0.4, -0.2) is 35.8 Å². The molecule has 0 fully saturated rings. The number of benzene rings is 3. The molecule has 0 spiro atoms. The Balaban J connectivity index is 1.46. The number of ether oxygens (including phenoxy) is 3. The van der Waals surface area contributed by atoms with Crippen LogP contribution < -0.4 is 19.5 Å². The lowest BCUT2D eigenvalue weighted by molar-refractivity contribution is -0.116. The highest BCUT2D eigenvalue weighted by atomic mass is 16.6. The van der Waals surface area contributed by atoms with Crippen LogP contribution >= 0.6 is 0 Å². The van der Waals surface area contributed by atoms with Crippen molar-refractivity contribution >= 4 is 22.6 Å². The number of rotatable bonds is 5. The number of aromatic nitrogens is 2. The van der Waals surface area contributed by atoms with Gasteiger partial charge in [0.05, 0.1) is 18.1 Å². The maximum Gasteiger partial charge on any atom is 0.244 e. The van der Waals surface area contributed by atoms with Gasteiger partial charge >= 0.3 is 0 Å². The molecule has 1 aliphatic rings. The third-order valence-corrected chi connectivity index (χ3v) is 5.11. The molecule has 0 radical (unpaired) electrons. The largest absolute Gasteiger partial charge is 0.497 e.